The van der Waals surface area contributed by atoms with Crippen LogP contribution in [0.25, 0.3) is 10.9 Å². The molecule has 0 aliphatic rings. The highest BCUT2D eigenvalue weighted by Crippen LogP contribution is 2.32. The molecule has 1 aromatic heterocycles. The van der Waals surface area contributed by atoms with Gasteiger partial charge in [-0.05, 0) is 35.4 Å². The van der Waals surface area contributed by atoms with Gasteiger partial charge in [-0.3, -0.25) is 9.98 Å². The second kappa shape index (κ2) is 11.2. The van der Waals surface area contributed by atoms with Crippen molar-refractivity contribution in [1.82, 2.24) is 15.6 Å². The van der Waals surface area contributed by atoms with Gasteiger partial charge in [0.1, 0.15) is 0 Å². The molecule has 3 rings (SSSR count). The molecule has 6 nitrogen and oxygen atoms in total. The van der Waals surface area contributed by atoms with Gasteiger partial charge in [0.25, 0.3) is 0 Å². The number of ether oxygens (including phenoxy) is 2. The number of nitrogens with zero attached hydrogens (tertiary/aromatic N) is 2. The summed E-state index contributed by atoms with van der Waals surface area (Å²) in [5, 5.41) is 8.00. The highest BCUT2D eigenvalue weighted by molar-refractivity contribution is 14.0. The van der Waals surface area contributed by atoms with Crippen molar-refractivity contribution in [2.45, 2.75) is 25.8 Å². The van der Waals surface area contributed by atoms with Gasteiger partial charge in [0, 0.05) is 37.1 Å². The molecule has 0 radical (unpaired) electrons. The number of aliphatic imine (C=N–C) groups is 1. The van der Waals surface area contributed by atoms with Crippen LogP contribution >= 0.6 is 24.0 Å². The molecular formula is C24H31IN4O2. The van der Waals surface area contributed by atoms with E-state index in [2.05, 4.69) is 46.6 Å². The van der Waals surface area contributed by atoms with Crippen molar-refractivity contribution in [2.75, 3.05) is 27.8 Å². The SMILES string of the molecule is CN=C(NCc1ccnc2ccccc12)NCC(C)(C)c1ccc(OC)c(OC)c1.I. The Morgan fingerprint density at radius 1 is 1.00 bits per heavy atom. The molecule has 0 aliphatic heterocycles. The third-order valence-corrected chi connectivity index (χ3v) is 5.27. The summed E-state index contributed by atoms with van der Waals surface area (Å²) in [4.78, 5) is 8.80. The van der Waals surface area contributed by atoms with Crippen LogP contribution in [0.2, 0.25) is 0 Å². The molecule has 0 fully saturated rings. The lowest BCUT2D eigenvalue weighted by Gasteiger charge is -2.27. The average molecular weight is 534 g/mol. The lowest BCUT2D eigenvalue weighted by molar-refractivity contribution is 0.353. The predicted molar refractivity (Wildman–Crippen MR) is 138 cm³/mol. The predicted octanol–water partition coefficient (Wildman–Crippen LogP) is 4.51. The van der Waals surface area contributed by atoms with Crippen LogP contribution in [0.1, 0.15) is 25.0 Å². The van der Waals surface area contributed by atoms with Crippen LogP contribution in [-0.4, -0.2) is 38.8 Å². The van der Waals surface area contributed by atoms with Crippen molar-refractivity contribution in [2.24, 2.45) is 4.99 Å². The summed E-state index contributed by atoms with van der Waals surface area (Å²) in [6.07, 6.45) is 1.84. The minimum absolute atomic E-state index is 0. The van der Waals surface area contributed by atoms with Crippen LogP contribution in [0, 0.1) is 0 Å². The number of benzene rings is 2. The first-order chi connectivity index (χ1) is 14.5. The molecule has 0 saturated carbocycles. The van der Waals surface area contributed by atoms with Gasteiger partial charge in [0.2, 0.25) is 0 Å². The number of guanidine groups is 1. The van der Waals surface area contributed by atoms with E-state index in [0.29, 0.717) is 13.1 Å². The third-order valence-electron chi connectivity index (χ3n) is 5.27. The summed E-state index contributed by atoms with van der Waals surface area (Å²) in [5.74, 6) is 2.21. The van der Waals surface area contributed by atoms with Crippen molar-refractivity contribution in [3.05, 3.63) is 65.9 Å². The zero-order valence-corrected chi connectivity index (χ0v) is 21.1. The molecule has 31 heavy (non-hydrogen) atoms. The van der Waals surface area contributed by atoms with E-state index in [0.717, 1.165) is 33.9 Å². The molecule has 2 aromatic carbocycles. The molecule has 0 amide bonds. The van der Waals surface area contributed by atoms with E-state index >= 15 is 0 Å². The van der Waals surface area contributed by atoms with Gasteiger partial charge in [-0.2, -0.15) is 0 Å². The van der Waals surface area contributed by atoms with Gasteiger partial charge in [-0.15, -0.1) is 24.0 Å². The molecule has 0 aliphatic carbocycles. The maximum Gasteiger partial charge on any atom is 0.191 e. The fourth-order valence-electron chi connectivity index (χ4n) is 3.37. The largest absolute Gasteiger partial charge is 0.493 e. The number of rotatable bonds is 7. The van der Waals surface area contributed by atoms with Crippen LogP contribution in [0.15, 0.2) is 59.7 Å². The van der Waals surface area contributed by atoms with E-state index in [9.17, 15) is 0 Å². The number of para-hydroxylation sites is 1. The zero-order valence-electron chi connectivity index (χ0n) is 18.7. The minimum atomic E-state index is -0.138. The maximum absolute atomic E-state index is 5.45. The molecular weight excluding hydrogens is 503 g/mol. The molecule has 0 unspecified atom stereocenters. The number of aromatic nitrogens is 1. The number of halogens is 1. The van der Waals surface area contributed by atoms with Crippen molar-refractivity contribution in [1.29, 1.82) is 0 Å². The van der Waals surface area contributed by atoms with Gasteiger partial charge in [-0.25, -0.2) is 0 Å². The number of methoxy groups -OCH3 is 2. The fourth-order valence-corrected chi connectivity index (χ4v) is 3.37. The number of hydrogen-bond acceptors (Lipinski definition) is 4. The summed E-state index contributed by atoms with van der Waals surface area (Å²) in [6.45, 7) is 5.74. The molecule has 7 heteroatoms. The molecule has 2 N–H and O–H groups in total. The van der Waals surface area contributed by atoms with Crippen molar-refractivity contribution < 1.29 is 9.47 Å². The zero-order chi connectivity index (χ0) is 21.6. The van der Waals surface area contributed by atoms with Crippen LogP contribution in [0.4, 0.5) is 0 Å². The van der Waals surface area contributed by atoms with Crippen LogP contribution in [0.5, 0.6) is 11.5 Å². The maximum atomic E-state index is 5.45. The van der Waals surface area contributed by atoms with Crippen LogP contribution in [0.3, 0.4) is 0 Å². The van der Waals surface area contributed by atoms with Gasteiger partial charge in [0.05, 0.1) is 19.7 Å². The van der Waals surface area contributed by atoms with E-state index in [1.807, 2.05) is 42.6 Å². The Hall–Kier alpha value is -2.55. The normalized spacial score (nSPS) is 11.6. The topological polar surface area (TPSA) is 67.8 Å². The minimum Gasteiger partial charge on any atom is -0.493 e. The molecule has 0 atom stereocenters. The third kappa shape index (κ3) is 6.00. The molecule has 166 valence electrons. The summed E-state index contributed by atoms with van der Waals surface area (Å²) in [5.41, 5.74) is 3.20. The standard InChI is InChI=1S/C24H30N4O2.HI/c1-24(2,18-10-11-21(29-4)22(14-18)30-5)16-28-23(25-3)27-15-17-12-13-26-20-9-7-6-8-19(17)20;/h6-14H,15-16H2,1-5H3,(H2,25,27,28);1H. The average Bonchev–Trinajstić information content (AvgIpc) is 2.78. The Bertz CT molecular complexity index is 1030. The highest BCUT2D eigenvalue weighted by Gasteiger charge is 2.22. The first-order valence-electron chi connectivity index (χ1n) is 9.98. The Balaban J connectivity index is 0.00000341. The number of pyridine rings is 1. The van der Waals surface area contributed by atoms with Crippen LogP contribution < -0.4 is 20.1 Å². The van der Waals surface area contributed by atoms with Gasteiger partial charge in [0.15, 0.2) is 17.5 Å². The molecule has 1 heterocycles. The summed E-state index contributed by atoms with van der Waals surface area (Å²) in [6, 6.07) is 16.2. The van der Waals surface area contributed by atoms with Gasteiger partial charge >= 0.3 is 0 Å². The van der Waals surface area contributed by atoms with Crippen molar-refractivity contribution >= 4 is 40.8 Å². The Labute approximate surface area is 201 Å². The molecule has 0 spiro atoms. The van der Waals surface area contributed by atoms with Gasteiger partial charge < -0.3 is 20.1 Å². The van der Waals surface area contributed by atoms with E-state index in [1.54, 1.807) is 21.3 Å². The quantitative estimate of drug-likeness (QED) is 0.265. The number of fused-ring (bicyclic) bond motifs is 1. The van der Waals surface area contributed by atoms with Gasteiger partial charge in [-0.1, -0.05) is 38.1 Å². The molecule has 0 saturated heterocycles. The first kappa shape index (κ1) is 24.7. The number of nitrogens with one attached hydrogen (secondary N) is 2. The van der Waals surface area contributed by atoms with Crippen LogP contribution in [-0.2, 0) is 12.0 Å². The monoisotopic (exact) mass is 534 g/mol. The van der Waals surface area contributed by atoms with Crippen molar-refractivity contribution in [3.8, 4) is 11.5 Å². The Kier molecular flexibility index (Phi) is 8.91. The summed E-state index contributed by atoms with van der Waals surface area (Å²) < 4.78 is 10.8. The van der Waals surface area contributed by atoms with Crippen molar-refractivity contribution in [3.63, 3.8) is 0 Å². The second-order valence-corrected chi connectivity index (χ2v) is 7.72. The molecule has 0 bridgehead atoms. The summed E-state index contributed by atoms with van der Waals surface area (Å²) in [7, 11) is 5.08. The number of hydrogen-bond donors (Lipinski definition) is 2. The molecule has 3 aromatic rings. The Morgan fingerprint density at radius 3 is 2.45 bits per heavy atom. The van der Waals surface area contributed by atoms with E-state index < -0.39 is 0 Å². The summed E-state index contributed by atoms with van der Waals surface area (Å²) >= 11 is 0. The lowest BCUT2D eigenvalue weighted by Crippen LogP contribution is -2.43. The first-order valence-corrected chi connectivity index (χ1v) is 9.98. The second-order valence-electron chi connectivity index (χ2n) is 7.72. The highest BCUT2D eigenvalue weighted by atomic mass is 127. The van der Waals surface area contributed by atoms with E-state index in [1.165, 1.54) is 5.56 Å². The van der Waals surface area contributed by atoms with E-state index in [4.69, 9.17) is 9.47 Å². The lowest BCUT2D eigenvalue weighted by atomic mass is 9.84. The fraction of sp³-hybridized carbons (Fsp3) is 0.333. The smallest absolute Gasteiger partial charge is 0.191 e. The Morgan fingerprint density at radius 2 is 1.74 bits per heavy atom. The van der Waals surface area contributed by atoms with E-state index in [-0.39, 0.29) is 29.4 Å².